The fourth-order valence-corrected chi connectivity index (χ4v) is 2.21. The minimum absolute atomic E-state index is 0.0982. The molecule has 0 aliphatic heterocycles. The van der Waals surface area contributed by atoms with Gasteiger partial charge in [0.15, 0.2) is 0 Å². The molecule has 2 aromatic heterocycles. The topological polar surface area (TPSA) is 57.8 Å². The van der Waals surface area contributed by atoms with Crippen molar-refractivity contribution in [3.05, 3.63) is 44.0 Å². The number of hydrogen-bond donors (Lipinski definition) is 2. The van der Waals surface area contributed by atoms with E-state index in [1.165, 1.54) is 11.1 Å². The summed E-state index contributed by atoms with van der Waals surface area (Å²) in [7, 11) is 0. The van der Waals surface area contributed by atoms with Crippen molar-refractivity contribution in [2.24, 2.45) is 0 Å². The third-order valence-corrected chi connectivity index (χ3v) is 3.57. The highest BCUT2D eigenvalue weighted by Crippen LogP contribution is 2.24. The molecule has 2 heterocycles. The molecule has 1 atom stereocenters. The van der Waals surface area contributed by atoms with Gasteiger partial charge in [0, 0.05) is 4.88 Å². The number of aromatic nitrogens is 2. The number of H-pyrrole nitrogens is 1. The maximum absolute atomic E-state index is 11.2. The second kappa shape index (κ2) is 4.67. The van der Waals surface area contributed by atoms with Crippen molar-refractivity contribution in [2.75, 3.05) is 5.32 Å². The van der Waals surface area contributed by atoms with Crippen molar-refractivity contribution in [2.45, 2.75) is 13.0 Å². The number of rotatable bonds is 3. The maximum atomic E-state index is 11.2. The predicted octanol–water partition coefficient (Wildman–Crippen LogP) is 2.66. The van der Waals surface area contributed by atoms with Crippen LogP contribution >= 0.6 is 22.9 Å². The zero-order chi connectivity index (χ0) is 11.5. The third-order valence-electron chi connectivity index (χ3n) is 2.14. The van der Waals surface area contributed by atoms with Crippen LogP contribution in [0.4, 0.5) is 5.69 Å². The molecule has 2 aromatic rings. The van der Waals surface area contributed by atoms with E-state index in [2.05, 4.69) is 15.5 Å². The van der Waals surface area contributed by atoms with E-state index in [-0.39, 0.29) is 16.6 Å². The molecule has 4 nitrogen and oxygen atoms in total. The van der Waals surface area contributed by atoms with Gasteiger partial charge in [0.25, 0.3) is 5.56 Å². The lowest BCUT2D eigenvalue weighted by atomic mass is 10.2. The Morgan fingerprint density at radius 1 is 1.62 bits per heavy atom. The van der Waals surface area contributed by atoms with Gasteiger partial charge >= 0.3 is 0 Å². The summed E-state index contributed by atoms with van der Waals surface area (Å²) < 4.78 is 0. The quantitative estimate of drug-likeness (QED) is 0.887. The van der Waals surface area contributed by atoms with Crippen LogP contribution in [0.15, 0.2) is 28.5 Å². The zero-order valence-electron chi connectivity index (χ0n) is 8.53. The van der Waals surface area contributed by atoms with Crippen LogP contribution in [0, 0.1) is 0 Å². The van der Waals surface area contributed by atoms with Gasteiger partial charge in [-0.3, -0.25) is 4.79 Å². The number of halogens is 1. The highest BCUT2D eigenvalue weighted by Gasteiger charge is 2.10. The van der Waals surface area contributed by atoms with E-state index in [1.54, 1.807) is 11.3 Å². The molecule has 6 heteroatoms. The molecule has 2 rings (SSSR count). The smallest absolute Gasteiger partial charge is 0.285 e. The molecule has 0 aromatic carbocycles. The molecule has 0 aliphatic carbocycles. The molecule has 0 amide bonds. The Kier molecular flexibility index (Phi) is 3.26. The normalized spacial score (nSPS) is 12.4. The molecular weight excluding hydrogens is 246 g/mol. The number of nitrogens with zero attached hydrogens (tertiary/aromatic N) is 1. The summed E-state index contributed by atoms with van der Waals surface area (Å²) in [5, 5.41) is 11.3. The zero-order valence-corrected chi connectivity index (χ0v) is 10.1. The van der Waals surface area contributed by atoms with E-state index >= 15 is 0 Å². The second-order valence-corrected chi connectivity index (χ2v) is 4.67. The van der Waals surface area contributed by atoms with Crippen LogP contribution in [-0.4, -0.2) is 10.2 Å². The number of thiophene rings is 1. The Balaban J connectivity index is 2.21. The molecule has 0 aliphatic rings. The number of hydrogen-bond acceptors (Lipinski definition) is 4. The summed E-state index contributed by atoms with van der Waals surface area (Å²) in [4.78, 5) is 12.4. The Hall–Kier alpha value is -1.33. The fourth-order valence-electron chi connectivity index (χ4n) is 1.33. The van der Waals surface area contributed by atoms with E-state index in [0.717, 1.165) is 0 Å². The van der Waals surface area contributed by atoms with Crippen molar-refractivity contribution in [3.8, 4) is 0 Å². The summed E-state index contributed by atoms with van der Waals surface area (Å²) in [5.74, 6) is 0. The van der Waals surface area contributed by atoms with Crippen LogP contribution in [0.5, 0.6) is 0 Å². The van der Waals surface area contributed by atoms with E-state index in [9.17, 15) is 4.79 Å². The summed E-state index contributed by atoms with van der Waals surface area (Å²) >= 11 is 7.50. The molecule has 84 valence electrons. The largest absolute Gasteiger partial charge is 0.375 e. The second-order valence-electron chi connectivity index (χ2n) is 3.31. The van der Waals surface area contributed by atoms with Gasteiger partial charge in [-0.15, -0.1) is 11.3 Å². The van der Waals surface area contributed by atoms with Crippen LogP contribution in [0.25, 0.3) is 0 Å². The Morgan fingerprint density at radius 2 is 2.44 bits per heavy atom. The van der Waals surface area contributed by atoms with Gasteiger partial charge in [-0.2, -0.15) is 5.10 Å². The first-order valence-corrected chi connectivity index (χ1v) is 5.97. The molecular formula is C10H10ClN3OS. The summed E-state index contributed by atoms with van der Waals surface area (Å²) in [6, 6.07) is 4.10. The van der Waals surface area contributed by atoms with E-state index in [4.69, 9.17) is 11.6 Å². The third kappa shape index (κ3) is 2.25. The van der Waals surface area contributed by atoms with Gasteiger partial charge in [0.05, 0.1) is 17.9 Å². The van der Waals surface area contributed by atoms with Crippen molar-refractivity contribution < 1.29 is 0 Å². The first-order chi connectivity index (χ1) is 7.68. The monoisotopic (exact) mass is 255 g/mol. The predicted molar refractivity (Wildman–Crippen MR) is 66.2 cm³/mol. The average molecular weight is 256 g/mol. The Bertz CT molecular complexity index is 523. The molecule has 0 spiro atoms. The standard InChI is InChI=1S/C10H10ClN3OS/c1-6(8-3-2-4-16-8)13-7-5-12-14-10(15)9(7)11/h2-6H,1H3,(H2,13,14,15). The van der Waals surface area contributed by atoms with Gasteiger partial charge < -0.3 is 5.32 Å². The van der Waals surface area contributed by atoms with Gasteiger partial charge in [0.1, 0.15) is 5.02 Å². The van der Waals surface area contributed by atoms with E-state index < -0.39 is 0 Å². The maximum Gasteiger partial charge on any atom is 0.285 e. The van der Waals surface area contributed by atoms with Crippen molar-refractivity contribution in [1.82, 2.24) is 10.2 Å². The molecule has 0 saturated heterocycles. The SMILES string of the molecule is CC(Nc1cn[nH]c(=O)c1Cl)c1cccs1. The van der Waals surface area contributed by atoms with E-state index in [0.29, 0.717) is 5.69 Å². The lowest BCUT2D eigenvalue weighted by molar-refractivity contribution is 0.894. The van der Waals surface area contributed by atoms with Gasteiger partial charge in [0.2, 0.25) is 0 Å². The molecule has 1 unspecified atom stereocenters. The highest BCUT2D eigenvalue weighted by molar-refractivity contribution is 7.10. The van der Waals surface area contributed by atoms with E-state index in [1.807, 2.05) is 24.4 Å². The Morgan fingerprint density at radius 3 is 3.12 bits per heavy atom. The molecule has 2 N–H and O–H groups in total. The number of aromatic amines is 1. The average Bonchev–Trinajstić information content (AvgIpc) is 2.78. The molecule has 0 saturated carbocycles. The molecule has 16 heavy (non-hydrogen) atoms. The van der Waals surface area contributed by atoms with Crippen LogP contribution < -0.4 is 10.9 Å². The molecule has 0 radical (unpaired) electrons. The van der Waals surface area contributed by atoms with Crippen molar-refractivity contribution in [1.29, 1.82) is 0 Å². The van der Waals surface area contributed by atoms with Gasteiger partial charge in [-0.1, -0.05) is 17.7 Å². The minimum atomic E-state index is -0.384. The van der Waals surface area contributed by atoms with Gasteiger partial charge in [-0.05, 0) is 18.4 Å². The van der Waals surface area contributed by atoms with Crippen molar-refractivity contribution in [3.63, 3.8) is 0 Å². The molecule has 0 bridgehead atoms. The highest BCUT2D eigenvalue weighted by atomic mass is 35.5. The van der Waals surface area contributed by atoms with Crippen LogP contribution in [-0.2, 0) is 0 Å². The number of anilines is 1. The van der Waals surface area contributed by atoms with Crippen LogP contribution in [0.2, 0.25) is 5.02 Å². The first-order valence-electron chi connectivity index (χ1n) is 4.71. The summed E-state index contributed by atoms with van der Waals surface area (Å²) in [6.07, 6.45) is 1.51. The van der Waals surface area contributed by atoms with Crippen molar-refractivity contribution >= 4 is 28.6 Å². The lowest BCUT2D eigenvalue weighted by Crippen LogP contribution is -2.13. The Labute approximate surface area is 101 Å². The summed E-state index contributed by atoms with van der Waals surface area (Å²) in [5.41, 5.74) is 0.163. The minimum Gasteiger partial charge on any atom is -0.375 e. The van der Waals surface area contributed by atoms with Gasteiger partial charge in [-0.25, -0.2) is 5.10 Å². The lowest BCUT2D eigenvalue weighted by Gasteiger charge is -2.13. The van der Waals surface area contributed by atoms with Crippen LogP contribution in [0.1, 0.15) is 17.8 Å². The first kappa shape index (κ1) is 11.2. The molecule has 0 fully saturated rings. The van der Waals surface area contributed by atoms with Crippen LogP contribution in [0.3, 0.4) is 0 Å². The summed E-state index contributed by atoms with van der Waals surface area (Å²) in [6.45, 7) is 2.00. The fraction of sp³-hybridized carbons (Fsp3) is 0.200. The number of nitrogens with one attached hydrogen (secondary N) is 2.